The van der Waals surface area contributed by atoms with Crippen molar-refractivity contribution >= 4 is 44.6 Å². The highest BCUT2D eigenvalue weighted by atomic mass is 79.9. The number of rotatable bonds is 2. The van der Waals surface area contributed by atoms with Crippen molar-refractivity contribution in [1.29, 1.82) is 5.26 Å². The first-order valence-corrected chi connectivity index (χ1v) is 7.33. The Labute approximate surface area is 123 Å². The van der Waals surface area contributed by atoms with E-state index < -0.39 is 0 Å². The number of halogens is 2. The third kappa shape index (κ3) is 2.26. The molecule has 0 unspecified atom stereocenters. The summed E-state index contributed by atoms with van der Waals surface area (Å²) in [5, 5.41) is 9.72. The predicted molar refractivity (Wildman–Crippen MR) is 81.0 cm³/mol. The summed E-state index contributed by atoms with van der Waals surface area (Å²) in [5.41, 5.74) is 8.65. The molecule has 0 fully saturated rings. The fourth-order valence-electron chi connectivity index (χ4n) is 1.78. The van der Waals surface area contributed by atoms with Crippen molar-refractivity contribution in [2.24, 2.45) is 0 Å². The van der Waals surface area contributed by atoms with Crippen molar-refractivity contribution in [2.75, 3.05) is 5.73 Å². The minimum absolute atomic E-state index is 0.577. The number of nitrogen functional groups attached to an aromatic ring is 1. The zero-order valence-corrected chi connectivity index (χ0v) is 12.8. The van der Waals surface area contributed by atoms with Gasteiger partial charge in [0, 0.05) is 9.35 Å². The molecule has 2 aromatic rings. The number of thiophene rings is 1. The first-order chi connectivity index (χ1) is 8.58. The van der Waals surface area contributed by atoms with Crippen molar-refractivity contribution < 1.29 is 0 Å². The monoisotopic (exact) mass is 340 g/mol. The Hall–Kier alpha value is -1.02. The van der Waals surface area contributed by atoms with Crippen LogP contribution in [-0.2, 0) is 6.42 Å². The molecule has 1 aromatic carbocycles. The van der Waals surface area contributed by atoms with Crippen LogP contribution in [-0.4, -0.2) is 0 Å². The van der Waals surface area contributed by atoms with Gasteiger partial charge >= 0.3 is 0 Å². The quantitative estimate of drug-likeness (QED) is 0.849. The summed E-state index contributed by atoms with van der Waals surface area (Å²) in [6.07, 6.45) is 0.805. The Morgan fingerprint density at radius 1 is 1.50 bits per heavy atom. The predicted octanol–water partition coefficient (Wildman–Crippen LogP) is 4.85. The maximum Gasteiger partial charge on any atom is 0.128 e. The molecule has 1 aromatic heterocycles. The van der Waals surface area contributed by atoms with E-state index in [2.05, 4.69) is 22.0 Å². The second-order valence-corrected chi connectivity index (χ2v) is 6.03. The minimum atomic E-state index is 0.577. The fraction of sp³-hybridized carbons (Fsp3) is 0.154. The van der Waals surface area contributed by atoms with Crippen molar-refractivity contribution in [3.63, 3.8) is 0 Å². The standard InChI is InChI=1S/C13H10BrClN2S/c1-2-8-12(17)11(6-16)18-13(8)7-3-4-10(15)9(14)5-7/h3-5H,2,17H2,1H3. The molecule has 18 heavy (non-hydrogen) atoms. The van der Waals surface area contributed by atoms with E-state index in [1.54, 1.807) is 0 Å². The van der Waals surface area contributed by atoms with Crippen LogP contribution in [0.25, 0.3) is 10.4 Å². The number of hydrogen-bond acceptors (Lipinski definition) is 3. The van der Waals surface area contributed by atoms with E-state index in [9.17, 15) is 0 Å². The molecular formula is C13H10BrClN2S. The summed E-state index contributed by atoms with van der Waals surface area (Å²) in [6.45, 7) is 2.04. The molecule has 0 spiro atoms. The summed E-state index contributed by atoms with van der Waals surface area (Å²) in [6, 6.07) is 7.87. The molecule has 2 rings (SSSR count). The molecule has 0 atom stereocenters. The van der Waals surface area contributed by atoms with Crippen molar-refractivity contribution in [2.45, 2.75) is 13.3 Å². The lowest BCUT2D eigenvalue weighted by atomic mass is 10.1. The van der Waals surface area contributed by atoms with Crippen LogP contribution in [0.4, 0.5) is 5.69 Å². The lowest BCUT2D eigenvalue weighted by molar-refractivity contribution is 1.16. The van der Waals surface area contributed by atoms with Gasteiger partial charge in [0.15, 0.2) is 0 Å². The van der Waals surface area contributed by atoms with Crippen LogP contribution in [0.1, 0.15) is 17.4 Å². The first-order valence-electron chi connectivity index (χ1n) is 5.35. The molecular weight excluding hydrogens is 332 g/mol. The lowest BCUT2D eigenvalue weighted by Crippen LogP contribution is -1.91. The van der Waals surface area contributed by atoms with Gasteiger partial charge in [0.2, 0.25) is 0 Å². The van der Waals surface area contributed by atoms with Gasteiger partial charge in [-0.25, -0.2) is 0 Å². The molecule has 0 saturated carbocycles. The average molecular weight is 342 g/mol. The van der Waals surface area contributed by atoms with E-state index in [0.29, 0.717) is 15.6 Å². The number of nitriles is 1. The summed E-state index contributed by atoms with van der Waals surface area (Å²) >= 11 is 10.8. The van der Waals surface area contributed by atoms with Crippen LogP contribution in [0, 0.1) is 11.3 Å². The van der Waals surface area contributed by atoms with Gasteiger partial charge in [-0.1, -0.05) is 24.6 Å². The van der Waals surface area contributed by atoms with Crippen LogP contribution in [0.15, 0.2) is 22.7 Å². The highest BCUT2D eigenvalue weighted by Gasteiger charge is 2.16. The van der Waals surface area contributed by atoms with Crippen LogP contribution in [0.3, 0.4) is 0 Å². The van der Waals surface area contributed by atoms with Crippen molar-refractivity contribution in [1.82, 2.24) is 0 Å². The van der Waals surface area contributed by atoms with Gasteiger partial charge < -0.3 is 5.73 Å². The maximum absolute atomic E-state index is 9.05. The number of benzene rings is 1. The molecule has 1 heterocycles. The molecule has 92 valence electrons. The van der Waals surface area contributed by atoms with Crippen molar-refractivity contribution in [3.05, 3.63) is 38.1 Å². The van der Waals surface area contributed by atoms with E-state index in [1.807, 2.05) is 25.1 Å². The Morgan fingerprint density at radius 3 is 2.78 bits per heavy atom. The van der Waals surface area contributed by atoms with Crippen LogP contribution in [0.2, 0.25) is 5.02 Å². The Bertz CT molecular complexity index is 643. The molecule has 0 aliphatic rings. The number of nitrogens with two attached hydrogens (primary N) is 1. The summed E-state index contributed by atoms with van der Waals surface area (Å²) in [5.74, 6) is 0. The van der Waals surface area contributed by atoms with E-state index in [1.165, 1.54) is 11.3 Å². The van der Waals surface area contributed by atoms with Gasteiger partial charge in [-0.05, 0) is 45.6 Å². The molecule has 0 aliphatic carbocycles. The third-order valence-electron chi connectivity index (χ3n) is 2.68. The first kappa shape index (κ1) is 13.4. The maximum atomic E-state index is 9.05. The summed E-state index contributed by atoms with van der Waals surface area (Å²) in [7, 11) is 0. The molecule has 5 heteroatoms. The Balaban J connectivity index is 2.63. The van der Waals surface area contributed by atoms with E-state index in [0.717, 1.165) is 26.9 Å². The molecule has 2 N–H and O–H groups in total. The number of nitrogens with zero attached hydrogens (tertiary/aromatic N) is 1. The molecule has 0 amide bonds. The average Bonchev–Trinajstić information content (AvgIpc) is 2.69. The molecule has 0 aliphatic heterocycles. The van der Waals surface area contributed by atoms with Gasteiger partial charge in [-0.3, -0.25) is 0 Å². The van der Waals surface area contributed by atoms with Crippen LogP contribution < -0.4 is 5.73 Å². The zero-order valence-electron chi connectivity index (χ0n) is 9.63. The molecule has 2 nitrogen and oxygen atoms in total. The normalized spacial score (nSPS) is 10.3. The van der Waals surface area contributed by atoms with Crippen LogP contribution >= 0.6 is 38.9 Å². The Kier molecular flexibility index (Phi) is 3.96. The fourth-order valence-corrected chi connectivity index (χ4v) is 3.38. The second kappa shape index (κ2) is 5.31. The summed E-state index contributed by atoms with van der Waals surface area (Å²) < 4.78 is 0.842. The zero-order chi connectivity index (χ0) is 13.3. The van der Waals surface area contributed by atoms with Gasteiger partial charge in [-0.2, -0.15) is 5.26 Å². The lowest BCUT2D eigenvalue weighted by Gasteiger charge is -2.04. The smallest absolute Gasteiger partial charge is 0.128 e. The van der Waals surface area contributed by atoms with Gasteiger partial charge in [0.05, 0.1) is 10.7 Å². The van der Waals surface area contributed by atoms with Crippen molar-refractivity contribution in [3.8, 4) is 16.5 Å². The van der Waals surface area contributed by atoms with Crippen LogP contribution in [0.5, 0.6) is 0 Å². The van der Waals surface area contributed by atoms with E-state index in [4.69, 9.17) is 22.6 Å². The number of anilines is 1. The topological polar surface area (TPSA) is 49.8 Å². The van der Waals surface area contributed by atoms with Gasteiger partial charge in [0.25, 0.3) is 0 Å². The van der Waals surface area contributed by atoms with Gasteiger partial charge in [-0.15, -0.1) is 11.3 Å². The highest BCUT2D eigenvalue weighted by molar-refractivity contribution is 9.10. The third-order valence-corrected chi connectivity index (χ3v) is 5.10. The van der Waals surface area contributed by atoms with E-state index >= 15 is 0 Å². The summed E-state index contributed by atoms with van der Waals surface area (Å²) in [4.78, 5) is 1.62. The Morgan fingerprint density at radius 2 is 2.22 bits per heavy atom. The SMILES string of the molecule is CCc1c(-c2ccc(Cl)c(Br)c2)sc(C#N)c1N. The van der Waals surface area contributed by atoms with Gasteiger partial charge in [0.1, 0.15) is 10.9 Å². The van der Waals surface area contributed by atoms with E-state index in [-0.39, 0.29) is 0 Å². The largest absolute Gasteiger partial charge is 0.397 e. The number of hydrogen-bond donors (Lipinski definition) is 1. The highest BCUT2D eigenvalue weighted by Crippen LogP contribution is 2.40. The molecule has 0 bridgehead atoms. The molecule has 0 radical (unpaired) electrons. The molecule has 0 saturated heterocycles. The second-order valence-electron chi connectivity index (χ2n) is 3.75. The minimum Gasteiger partial charge on any atom is -0.397 e.